The van der Waals surface area contributed by atoms with E-state index in [4.69, 9.17) is 37.0 Å². The van der Waals surface area contributed by atoms with Crippen molar-refractivity contribution in [2.24, 2.45) is 11.8 Å². The van der Waals surface area contributed by atoms with Crippen LogP contribution in [-0.4, -0.2) is 96.7 Å². The van der Waals surface area contributed by atoms with Gasteiger partial charge in [-0.15, -0.1) is 0 Å². The number of hydrogen-bond donors (Lipinski definition) is 3. The molecule has 19 heteroatoms. The highest BCUT2D eigenvalue weighted by Gasteiger charge is 2.30. The lowest BCUT2D eigenvalue weighted by Crippen LogP contribution is -2.30. The predicted octanol–water partition coefficient (Wildman–Crippen LogP) is 23.5. The zero-order valence-corrected chi connectivity index (χ0v) is 65.9. The lowest BCUT2D eigenvalue weighted by atomic mass is 10.0. The molecule has 0 saturated carbocycles. The standard InChI is InChI=1S/C79H154O17P2/c1-7-9-11-13-15-17-19-21-23-25-27-29-31-33-37-45-51-57-63-78(83)95-74(67-89-76(81)61-55-49-43-36-32-30-28-26-24-22-20-18-16-14-12-10-8-2)69-93-97(85,86)91-65-73(80)66-92-98(87,88)94-70-75(68-90-77(82)62-56-50-44-40-39-42-48-54-60-72(5)6)96-79(84)64-58-52-46-38-34-35-41-47-53-59-71(3)4/h71-75,80H,7-70H2,1-6H3,(H,85,86)(H,87,88)/t73-,74-,75-/m1/s1. The van der Waals surface area contributed by atoms with Gasteiger partial charge in [0.2, 0.25) is 0 Å². The minimum absolute atomic E-state index is 0.105. The minimum Gasteiger partial charge on any atom is -0.462 e. The minimum atomic E-state index is -4.96. The van der Waals surface area contributed by atoms with Gasteiger partial charge < -0.3 is 33.8 Å². The number of phosphoric ester groups is 2. The third kappa shape index (κ3) is 72.4. The van der Waals surface area contributed by atoms with Crippen LogP contribution in [0.1, 0.15) is 414 Å². The van der Waals surface area contributed by atoms with Crippen LogP contribution < -0.4 is 0 Å². The Labute approximate surface area is 600 Å². The first-order chi connectivity index (χ1) is 47.4. The van der Waals surface area contributed by atoms with Crippen LogP contribution in [0.5, 0.6) is 0 Å². The van der Waals surface area contributed by atoms with Gasteiger partial charge in [0.05, 0.1) is 26.4 Å². The summed E-state index contributed by atoms with van der Waals surface area (Å²) in [6.07, 6.45) is 59.7. The van der Waals surface area contributed by atoms with Gasteiger partial charge in [0, 0.05) is 25.7 Å². The van der Waals surface area contributed by atoms with E-state index in [1.807, 2.05) is 0 Å². The van der Waals surface area contributed by atoms with Crippen LogP contribution in [0.4, 0.5) is 0 Å². The van der Waals surface area contributed by atoms with Crippen molar-refractivity contribution in [2.75, 3.05) is 39.6 Å². The van der Waals surface area contributed by atoms with Crippen molar-refractivity contribution in [1.29, 1.82) is 0 Å². The van der Waals surface area contributed by atoms with Crippen molar-refractivity contribution in [3.8, 4) is 0 Å². The Hall–Kier alpha value is -1.94. The van der Waals surface area contributed by atoms with Gasteiger partial charge in [-0.25, -0.2) is 9.13 Å². The van der Waals surface area contributed by atoms with E-state index in [1.165, 1.54) is 231 Å². The maximum absolute atomic E-state index is 13.1. The summed E-state index contributed by atoms with van der Waals surface area (Å²) in [5, 5.41) is 10.6. The molecule has 98 heavy (non-hydrogen) atoms. The van der Waals surface area contributed by atoms with Crippen LogP contribution in [0, 0.1) is 11.8 Å². The zero-order chi connectivity index (χ0) is 72.1. The topological polar surface area (TPSA) is 237 Å². The fourth-order valence-electron chi connectivity index (χ4n) is 12.2. The molecule has 0 aliphatic rings. The molecule has 0 bridgehead atoms. The fourth-order valence-corrected chi connectivity index (χ4v) is 13.8. The number of rotatable bonds is 78. The van der Waals surface area contributed by atoms with Gasteiger partial charge in [-0.2, -0.15) is 0 Å². The molecular weight excluding hydrogens is 1280 g/mol. The maximum Gasteiger partial charge on any atom is 0.472 e. The van der Waals surface area contributed by atoms with Gasteiger partial charge >= 0.3 is 39.5 Å². The highest BCUT2D eigenvalue weighted by Crippen LogP contribution is 2.45. The van der Waals surface area contributed by atoms with Crippen LogP contribution in [-0.2, 0) is 65.4 Å². The number of carbonyl (C=O) groups is 4. The number of hydrogen-bond acceptors (Lipinski definition) is 15. The van der Waals surface area contributed by atoms with Gasteiger partial charge in [-0.05, 0) is 37.5 Å². The normalized spacial score (nSPS) is 13.9. The van der Waals surface area contributed by atoms with Crippen LogP contribution in [0.2, 0.25) is 0 Å². The SMILES string of the molecule is CCCCCCCCCCCCCCCCCCCCC(=O)O[C@H](COC(=O)CCCCCCCCCCCCCCCCCCC)COP(=O)(O)OC[C@@H](O)COP(=O)(O)OC[C@@H](COC(=O)CCCCCCCCCCC(C)C)OC(=O)CCCCCCCCCCCC(C)C. The molecule has 0 amide bonds. The zero-order valence-electron chi connectivity index (χ0n) is 64.1. The van der Waals surface area contributed by atoms with Gasteiger partial charge in [0.25, 0.3) is 0 Å². The lowest BCUT2D eigenvalue weighted by molar-refractivity contribution is -0.161. The van der Waals surface area contributed by atoms with Crippen molar-refractivity contribution in [2.45, 2.75) is 432 Å². The van der Waals surface area contributed by atoms with Crippen molar-refractivity contribution in [3.63, 3.8) is 0 Å². The first kappa shape index (κ1) is 96.1. The maximum atomic E-state index is 13.1. The Balaban J connectivity index is 5.24. The highest BCUT2D eigenvalue weighted by atomic mass is 31.2. The van der Waals surface area contributed by atoms with E-state index in [0.717, 1.165) is 102 Å². The number of aliphatic hydroxyl groups is 1. The van der Waals surface area contributed by atoms with Crippen molar-refractivity contribution < 1.29 is 80.2 Å². The number of ether oxygens (including phenoxy) is 4. The fraction of sp³-hybridized carbons (Fsp3) is 0.949. The van der Waals surface area contributed by atoms with Gasteiger partial charge in [-0.3, -0.25) is 37.3 Å². The van der Waals surface area contributed by atoms with Gasteiger partial charge in [0.1, 0.15) is 19.3 Å². The molecule has 0 spiro atoms. The Morgan fingerprint density at radius 1 is 0.276 bits per heavy atom. The summed E-state index contributed by atoms with van der Waals surface area (Å²) in [5.41, 5.74) is 0. The number of unbranched alkanes of at least 4 members (excludes halogenated alkanes) is 48. The lowest BCUT2D eigenvalue weighted by Gasteiger charge is -2.21. The number of phosphoric acid groups is 2. The van der Waals surface area contributed by atoms with Crippen LogP contribution in [0.25, 0.3) is 0 Å². The Morgan fingerprint density at radius 3 is 0.694 bits per heavy atom. The molecule has 2 unspecified atom stereocenters. The van der Waals surface area contributed by atoms with E-state index in [0.29, 0.717) is 25.7 Å². The van der Waals surface area contributed by atoms with E-state index in [2.05, 4.69) is 41.5 Å². The molecule has 0 aliphatic carbocycles. The van der Waals surface area contributed by atoms with Gasteiger partial charge in [-0.1, -0.05) is 363 Å². The molecule has 0 radical (unpaired) electrons. The first-order valence-corrected chi connectivity index (χ1v) is 44.0. The predicted molar refractivity (Wildman–Crippen MR) is 400 cm³/mol. The highest BCUT2D eigenvalue weighted by molar-refractivity contribution is 7.47. The number of carbonyl (C=O) groups excluding carboxylic acids is 4. The average Bonchev–Trinajstić information content (AvgIpc) is 1.21. The smallest absolute Gasteiger partial charge is 0.462 e. The molecule has 0 saturated heterocycles. The summed E-state index contributed by atoms with van der Waals surface area (Å²) >= 11 is 0. The molecular formula is C79H154O17P2. The quantitative estimate of drug-likeness (QED) is 0.0222. The monoisotopic (exact) mass is 1440 g/mol. The Bertz CT molecular complexity index is 1890. The Morgan fingerprint density at radius 2 is 0.469 bits per heavy atom. The molecule has 0 aliphatic heterocycles. The molecule has 0 rings (SSSR count). The largest absolute Gasteiger partial charge is 0.472 e. The van der Waals surface area contributed by atoms with Crippen LogP contribution in [0.3, 0.4) is 0 Å². The average molecular weight is 1440 g/mol. The van der Waals surface area contributed by atoms with Crippen molar-refractivity contribution in [3.05, 3.63) is 0 Å². The summed E-state index contributed by atoms with van der Waals surface area (Å²) in [4.78, 5) is 72.9. The summed E-state index contributed by atoms with van der Waals surface area (Å²) in [6, 6.07) is 0. The van der Waals surface area contributed by atoms with Crippen LogP contribution in [0.15, 0.2) is 0 Å². The molecule has 17 nitrogen and oxygen atoms in total. The number of aliphatic hydroxyl groups excluding tert-OH is 1. The van der Waals surface area contributed by atoms with E-state index in [-0.39, 0.29) is 25.7 Å². The van der Waals surface area contributed by atoms with E-state index >= 15 is 0 Å². The molecule has 0 heterocycles. The molecule has 0 aromatic heterocycles. The first-order valence-electron chi connectivity index (χ1n) is 41.0. The van der Waals surface area contributed by atoms with Crippen LogP contribution >= 0.6 is 15.6 Å². The van der Waals surface area contributed by atoms with Gasteiger partial charge in [0.15, 0.2) is 12.2 Å². The Kier molecular flexibility index (Phi) is 69.3. The summed E-state index contributed by atoms with van der Waals surface area (Å²) in [7, 11) is -9.92. The molecule has 5 atom stereocenters. The van der Waals surface area contributed by atoms with E-state index < -0.39 is 97.5 Å². The molecule has 582 valence electrons. The van der Waals surface area contributed by atoms with Crippen molar-refractivity contribution >= 4 is 39.5 Å². The second-order valence-corrected chi connectivity index (χ2v) is 32.3. The third-order valence-corrected chi connectivity index (χ3v) is 20.4. The van der Waals surface area contributed by atoms with Crippen molar-refractivity contribution in [1.82, 2.24) is 0 Å². The molecule has 0 aromatic rings. The second-order valence-electron chi connectivity index (χ2n) is 29.4. The summed E-state index contributed by atoms with van der Waals surface area (Å²) in [5.74, 6) is -0.649. The van der Waals surface area contributed by atoms with E-state index in [1.54, 1.807) is 0 Å². The summed E-state index contributed by atoms with van der Waals surface area (Å²) in [6.45, 7) is 9.56. The molecule has 0 aromatic carbocycles. The molecule has 3 N–H and O–H groups in total. The summed E-state index contributed by atoms with van der Waals surface area (Å²) < 4.78 is 68.6. The second kappa shape index (κ2) is 70.7. The van der Waals surface area contributed by atoms with E-state index in [9.17, 15) is 43.2 Å². The molecule has 0 fully saturated rings. The third-order valence-electron chi connectivity index (χ3n) is 18.5. The number of esters is 4.